The Morgan fingerprint density at radius 1 is 1.30 bits per heavy atom. The van der Waals surface area contributed by atoms with Crippen LogP contribution in [0, 0.1) is 11.2 Å². The van der Waals surface area contributed by atoms with Crippen LogP contribution >= 0.6 is 0 Å². The molecule has 30 heavy (non-hydrogen) atoms. The average Bonchev–Trinajstić information content (AvgIpc) is 2.66. The first kappa shape index (κ1) is 21.5. The minimum atomic E-state index is -4.59. The second kappa shape index (κ2) is 7.55. The summed E-state index contributed by atoms with van der Waals surface area (Å²) in [6.07, 6.45) is -4.08. The molecule has 8 nitrogen and oxygen atoms in total. The predicted octanol–water partition coefficient (Wildman–Crippen LogP) is 2.33. The molecule has 1 fully saturated rings. The van der Waals surface area contributed by atoms with E-state index >= 15 is 0 Å². The van der Waals surface area contributed by atoms with Crippen molar-refractivity contribution in [1.29, 1.82) is 5.41 Å². The third kappa shape index (κ3) is 4.35. The van der Waals surface area contributed by atoms with Gasteiger partial charge in [-0.3, -0.25) is 15.2 Å². The SMILES string of the molecule is CN1C(=N)NC(c2cc(NC(=O)c3ccc(C(F)(F)F)cn3)ccc2F)CS1(=O)=O. The second-order valence-electron chi connectivity index (χ2n) is 6.41. The molecule has 160 valence electrons. The summed E-state index contributed by atoms with van der Waals surface area (Å²) in [6.45, 7) is 0. The third-order valence-electron chi connectivity index (χ3n) is 4.37. The Balaban J connectivity index is 1.82. The van der Waals surface area contributed by atoms with Crippen molar-refractivity contribution in [2.45, 2.75) is 12.2 Å². The van der Waals surface area contributed by atoms with Crippen molar-refractivity contribution in [2.24, 2.45) is 0 Å². The first-order valence-electron chi connectivity index (χ1n) is 8.34. The van der Waals surface area contributed by atoms with Crippen LogP contribution in [0.15, 0.2) is 36.5 Å². The van der Waals surface area contributed by atoms with E-state index in [9.17, 15) is 30.8 Å². The fraction of sp³-hybridized carbons (Fsp3) is 0.235. The summed E-state index contributed by atoms with van der Waals surface area (Å²) in [6, 6.07) is 3.92. The van der Waals surface area contributed by atoms with Crippen molar-refractivity contribution in [2.75, 3.05) is 18.1 Å². The number of sulfonamides is 1. The molecule has 0 radical (unpaired) electrons. The summed E-state index contributed by atoms with van der Waals surface area (Å²) in [7, 11) is -2.64. The minimum Gasteiger partial charge on any atom is -0.348 e. The molecule has 1 saturated heterocycles. The lowest BCUT2D eigenvalue weighted by atomic mass is 10.1. The number of alkyl halides is 3. The zero-order valence-corrected chi connectivity index (χ0v) is 16.1. The molecular formula is C17H15F4N5O3S. The summed E-state index contributed by atoms with van der Waals surface area (Å²) < 4.78 is 77.0. The first-order chi connectivity index (χ1) is 13.9. The number of carbonyl (C=O) groups excluding carboxylic acids is 1. The molecule has 1 aromatic heterocycles. The van der Waals surface area contributed by atoms with Crippen molar-refractivity contribution in [3.63, 3.8) is 0 Å². The maximum absolute atomic E-state index is 14.3. The van der Waals surface area contributed by atoms with Gasteiger partial charge in [0.1, 0.15) is 11.5 Å². The van der Waals surface area contributed by atoms with E-state index in [1.165, 1.54) is 19.2 Å². The third-order valence-corrected chi connectivity index (χ3v) is 6.14. The summed E-state index contributed by atoms with van der Waals surface area (Å²) in [5, 5.41) is 12.6. The number of halogens is 4. The second-order valence-corrected chi connectivity index (χ2v) is 8.46. The van der Waals surface area contributed by atoms with Crippen LogP contribution in [0.1, 0.15) is 27.7 Å². The van der Waals surface area contributed by atoms with Gasteiger partial charge < -0.3 is 10.6 Å². The molecule has 2 heterocycles. The van der Waals surface area contributed by atoms with Crippen LogP contribution < -0.4 is 10.6 Å². The topological polar surface area (TPSA) is 115 Å². The van der Waals surface area contributed by atoms with Gasteiger partial charge in [-0.1, -0.05) is 0 Å². The number of rotatable bonds is 3. The Morgan fingerprint density at radius 3 is 2.57 bits per heavy atom. The molecule has 1 unspecified atom stereocenters. The number of amides is 1. The summed E-state index contributed by atoms with van der Waals surface area (Å²) in [5.41, 5.74) is -1.34. The molecular weight excluding hydrogens is 430 g/mol. The lowest BCUT2D eigenvalue weighted by Gasteiger charge is -2.32. The van der Waals surface area contributed by atoms with Crippen molar-refractivity contribution in [3.05, 3.63) is 59.2 Å². The number of hydrogen-bond donors (Lipinski definition) is 3. The fourth-order valence-electron chi connectivity index (χ4n) is 2.71. The summed E-state index contributed by atoms with van der Waals surface area (Å²) in [5.74, 6) is -2.54. The van der Waals surface area contributed by atoms with Crippen molar-refractivity contribution < 1.29 is 30.8 Å². The Morgan fingerprint density at radius 2 is 2.00 bits per heavy atom. The Bertz CT molecular complexity index is 1100. The zero-order chi connectivity index (χ0) is 22.3. The molecule has 1 amide bonds. The van der Waals surface area contributed by atoms with E-state index in [2.05, 4.69) is 15.6 Å². The molecule has 1 atom stereocenters. The minimum absolute atomic E-state index is 0.0720. The van der Waals surface area contributed by atoms with E-state index in [4.69, 9.17) is 5.41 Å². The van der Waals surface area contributed by atoms with Crippen LogP contribution in [-0.4, -0.2) is 42.4 Å². The van der Waals surface area contributed by atoms with E-state index in [0.29, 0.717) is 12.3 Å². The maximum atomic E-state index is 14.3. The normalized spacial score (nSPS) is 18.6. The quantitative estimate of drug-likeness (QED) is 0.628. The number of hydrogen-bond acceptors (Lipinski definition) is 5. The van der Waals surface area contributed by atoms with Crippen LogP contribution in [0.4, 0.5) is 23.2 Å². The van der Waals surface area contributed by atoms with E-state index < -0.39 is 51.2 Å². The summed E-state index contributed by atoms with van der Waals surface area (Å²) in [4.78, 5) is 15.7. The molecule has 1 aliphatic rings. The van der Waals surface area contributed by atoms with Gasteiger partial charge in [-0.05, 0) is 30.3 Å². The number of anilines is 1. The molecule has 2 aromatic rings. The van der Waals surface area contributed by atoms with Crippen molar-refractivity contribution in [1.82, 2.24) is 14.6 Å². The van der Waals surface area contributed by atoms with Gasteiger partial charge in [-0.2, -0.15) is 13.2 Å². The van der Waals surface area contributed by atoms with E-state index in [-0.39, 0.29) is 16.9 Å². The molecule has 3 rings (SSSR count). The van der Waals surface area contributed by atoms with E-state index in [1.807, 2.05) is 0 Å². The number of aromatic nitrogens is 1. The highest BCUT2D eigenvalue weighted by Gasteiger charge is 2.34. The van der Waals surface area contributed by atoms with Gasteiger partial charge >= 0.3 is 6.18 Å². The maximum Gasteiger partial charge on any atom is 0.417 e. The van der Waals surface area contributed by atoms with Gasteiger partial charge in [0.05, 0.1) is 17.4 Å². The molecule has 0 saturated carbocycles. The molecule has 0 spiro atoms. The Labute approximate surface area is 168 Å². The number of nitrogens with one attached hydrogen (secondary N) is 3. The Hall–Kier alpha value is -3.22. The standard InChI is InChI=1S/C17H15F4N5O3S/c1-26-16(22)25-14(8-30(26,28)29)11-6-10(3-4-12(11)18)24-15(27)13-5-2-9(7-23-13)17(19,20)21/h2-7,14H,8H2,1H3,(H2,22,25)(H,24,27). The van der Waals surface area contributed by atoms with Gasteiger partial charge in [-0.15, -0.1) is 0 Å². The first-order valence-corrected chi connectivity index (χ1v) is 9.95. The zero-order valence-electron chi connectivity index (χ0n) is 15.3. The highest BCUT2D eigenvalue weighted by Crippen LogP contribution is 2.29. The van der Waals surface area contributed by atoms with E-state index in [0.717, 1.165) is 16.4 Å². The van der Waals surface area contributed by atoms with Crippen LogP contribution in [0.3, 0.4) is 0 Å². The number of benzene rings is 1. The van der Waals surface area contributed by atoms with E-state index in [1.54, 1.807) is 0 Å². The lowest BCUT2D eigenvalue weighted by Crippen LogP contribution is -2.52. The van der Waals surface area contributed by atoms with Crippen molar-refractivity contribution in [3.8, 4) is 0 Å². The highest BCUT2D eigenvalue weighted by molar-refractivity contribution is 7.89. The molecule has 1 aliphatic heterocycles. The molecule has 1 aromatic carbocycles. The number of pyridine rings is 1. The summed E-state index contributed by atoms with van der Waals surface area (Å²) >= 11 is 0. The monoisotopic (exact) mass is 445 g/mol. The van der Waals surface area contributed by atoms with Gasteiger partial charge in [0.15, 0.2) is 0 Å². The van der Waals surface area contributed by atoms with Gasteiger partial charge in [-0.25, -0.2) is 17.1 Å². The highest BCUT2D eigenvalue weighted by atomic mass is 32.2. The smallest absolute Gasteiger partial charge is 0.348 e. The molecule has 3 N–H and O–H groups in total. The lowest BCUT2D eigenvalue weighted by molar-refractivity contribution is -0.137. The van der Waals surface area contributed by atoms with Crippen LogP contribution in [0.2, 0.25) is 0 Å². The molecule has 13 heteroatoms. The number of nitrogens with zero attached hydrogens (tertiary/aromatic N) is 2. The van der Waals surface area contributed by atoms with Crippen LogP contribution in [0.25, 0.3) is 0 Å². The van der Waals surface area contributed by atoms with Gasteiger partial charge in [0.2, 0.25) is 16.0 Å². The van der Waals surface area contributed by atoms with Crippen LogP contribution in [-0.2, 0) is 16.2 Å². The average molecular weight is 445 g/mol. The van der Waals surface area contributed by atoms with Gasteiger partial charge in [0, 0.05) is 24.5 Å². The van der Waals surface area contributed by atoms with Gasteiger partial charge in [0.25, 0.3) is 5.91 Å². The predicted molar refractivity (Wildman–Crippen MR) is 98.7 cm³/mol. The van der Waals surface area contributed by atoms with Crippen LogP contribution in [0.5, 0.6) is 0 Å². The number of carbonyl (C=O) groups is 1. The molecule has 0 bridgehead atoms. The Kier molecular flexibility index (Phi) is 5.41. The fourth-order valence-corrected chi connectivity index (χ4v) is 3.94. The van der Waals surface area contributed by atoms with Crippen molar-refractivity contribution >= 4 is 27.6 Å². The number of guanidine groups is 1. The largest absolute Gasteiger partial charge is 0.417 e. The molecule has 0 aliphatic carbocycles.